The van der Waals surface area contributed by atoms with Crippen LogP contribution in [-0.4, -0.2) is 67.1 Å². The third-order valence-corrected chi connectivity index (χ3v) is 1.77. The van der Waals surface area contributed by atoms with E-state index in [1.165, 1.54) is 0 Å². The third-order valence-electron chi connectivity index (χ3n) is 1.77. The Morgan fingerprint density at radius 3 is 1.64 bits per heavy atom. The highest BCUT2D eigenvalue weighted by Crippen LogP contribution is 2.08. The zero-order valence-electron chi connectivity index (χ0n) is 7.48. The van der Waals surface area contributed by atoms with Gasteiger partial charge in [0.1, 0.15) is 18.3 Å². The first-order valence-corrected chi connectivity index (χ1v) is 3.92. The van der Waals surface area contributed by atoms with Crippen molar-refractivity contribution >= 4 is 5.97 Å². The predicted octanol–water partition coefficient (Wildman–Crippen LogP) is -3.10. The Bertz CT molecular complexity index is 192. The summed E-state index contributed by atoms with van der Waals surface area (Å²) in [5.41, 5.74) is 0. The summed E-state index contributed by atoms with van der Waals surface area (Å²) < 4.78 is 0. The maximum atomic E-state index is 10.2. The lowest BCUT2D eigenvalue weighted by molar-refractivity contribution is -0.167. The fourth-order valence-corrected chi connectivity index (χ4v) is 0.820. The molecule has 7 heteroatoms. The number of aliphatic hydroxyl groups excluding tert-OH is 5. The molecule has 7 nitrogen and oxygen atoms in total. The van der Waals surface area contributed by atoms with E-state index in [9.17, 15) is 4.79 Å². The average Bonchev–Trinajstić information content (AvgIpc) is 2.12. The van der Waals surface area contributed by atoms with Crippen molar-refractivity contribution in [3.63, 3.8) is 0 Å². The quantitative estimate of drug-likeness (QED) is 0.282. The minimum absolute atomic E-state index is 1.15. The van der Waals surface area contributed by atoms with Crippen LogP contribution >= 0.6 is 0 Å². The van der Waals surface area contributed by atoms with E-state index >= 15 is 0 Å². The van der Waals surface area contributed by atoms with Gasteiger partial charge in [0.25, 0.3) is 0 Å². The number of rotatable bonds is 5. The first kappa shape index (κ1) is 13.3. The van der Waals surface area contributed by atoms with Crippen LogP contribution in [0.2, 0.25) is 0 Å². The summed E-state index contributed by atoms with van der Waals surface area (Å²) in [6, 6.07) is 0. The van der Waals surface area contributed by atoms with E-state index in [4.69, 9.17) is 30.6 Å². The maximum absolute atomic E-state index is 10.2. The van der Waals surface area contributed by atoms with Crippen molar-refractivity contribution in [2.24, 2.45) is 0 Å². The molecule has 0 fully saturated rings. The molecule has 6 N–H and O–H groups in total. The van der Waals surface area contributed by atoms with E-state index in [2.05, 4.69) is 0 Å². The van der Waals surface area contributed by atoms with Crippen LogP contribution in [0, 0.1) is 0 Å². The standard InChI is InChI=1S/C7H14O7/c1-2(8)3(9)4(10)5(11)6(12)7(13)14/h2-6,8-12H,1H3,(H,13,14)/t2-,3-,4-,5-,6-/m0/s1. The topological polar surface area (TPSA) is 138 Å². The first-order chi connectivity index (χ1) is 6.29. The van der Waals surface area contributed by atoms with Gasteiger partial charge >= 0.3 is 5.97 Å². The predicted molar refractivity (Wildman–Crippen MR) is 43.3 cm³/mol. The number of hydrogen-bond donors (Lipinski definition) is 6. The van der Waals surface area contributed by atoms with E-state index in [0.29, 0.717) is 0 Å². The number of carboxylic acids is 1. The van der Waals surface area contributed by atoms with Gasteiger partial charge in [-0.3, -0.25) is 0 Å². The molecule has 0 aromatic carbocycles. The minimum Gasteiger partial charge on any atom is -0.479 e. The molecule has 5 atom stereocenters. The van der Waals surface area contributed by atoms with E-state index in [1.54, 1.807) is 0 Å². The average molecular weight is 210 g/mol. The van der Waals surface area contributed by atoms with Gasteiger partial charge in [-0.25, -0.2) is 4.79 Å². The van der Waals surface area contributed by atoms with Crippen LogP contribution in [0.5, 0.6) is 0 Å². The molecule has 0 rings (SSSR count). The lowest BCUT2D eigenvalue weighted by Gasteiger charge is -2.25. The molecule has 0 aromatic rings. The zero-order valence-corrected chi connectivity index (χ0v) is 7.48. The highest BCUT2D eigenvalue weighted by atomic mass is 16.4. The molecule has 0 spiro atoms. The summed E-state index contributed by atoms with van der Waals surface area (Å²) in [5.74, 6) is -1.73. The smallest absolute Gasteiger partial charge is 0.335 e. The molecule has 0 radical (unpaired) electrons. The van der Waals surface area contributed by atoms with Crippen LogP contribution in [0.3, 0.4) is 0 Å². The van der Waals surface area contributed by atoms with Crippen molar-refractivity contribution in [3.05, 3.63) is 0 Å². The van der Waals surface area contributed by atoms with Crippen molar-refractivity contribution in [3.8, 4) is 0 Å². The number of aliphatic hydroxyl groups is 5. The lowest BCUT2D eigenvalue weighted by atomic mass is 10.00. The maximum Gasteiger partial charge on any atom is 0.335 e. The van der Waals surface area contributed by atoms with E-state index in [0.717, 1.165) is 6.92 Å². The third kappa shape index (κ3) is 3.20. The van der Waals surface area contributed by atoms with Crippen molar-refractivity contribution in [1.29, 1.82) is 0 Å². The fraction of sp³-hybridized carbons (Fsp3) is 0.857. The van der Waals surface area contributed by atoms with E-state index in [-0.39, 0.29) is 0 Å². The molecule has 84 valence electrons. The van der Waals surface area contributed by atoms with Gasteiger partial charge < -0.3 is 30.6 Å². The molecule has 0 saturated heterocycles. The van der Waals surface area contributed by atoms with Crippen molar-refractivity contribution in [1.82, 2.24) is 0 Å². The van der Waals surface area contributed by atoms with Crippen LogP contribution in [0.1, 0.15) is 6.92 Å². The van der Waals surface area contributed by atoms with Gasteiger partial charge in [0, 0.05) is 0 Å². The summed E-state index contributed by atoms with van der Waals surface area (Å²) in [6.45, 7) is 1.15. The van der Waals surface area contributed by atoms with Crippen LogP contribution in [-0.2, 0) is 4.79 Å². The molecular weight excluding hydrogens is 196 g/mol. The molecule has 14 heavy (non-hydrogen) atoms. The largest absolute Gasteiger partial charge is 0.479 e. The Kier molecular flexibility index (Phi) is 4.95. The molecule has 0 heterocycles. The number of carbonyl (C=O) groups is 1. The zero-order chi connectivity index (χ0) is 11.5. The second kappa shape index (κ2) is 5.23. The second-order valence-electron chi connectivity index (χ2n) is 3.00. The highest BCUT2D eigenvalue weighted by Gasteiger charge is 2.35. The number of hydrogen-bond acceptors (Lipinski definition) is 6. The molecule has 0 amide bonds. The Labute approximate surface area is 79.9 Å². The first-order valence-electron chi connectivity index (χ1n) is 3.92. The van der Waals surface area contributed by atoms with Crippen LogP contribution in [0.15, 0.2) is 0 Å². The summed E-state index contributed by atoms with van der Waals surface area (Å²) in [5, 5.41) is 53.0. The van der Waals surface area contributed by atoms with Crippen LogP contribution in [0.25, 0.3) is 0 Å². The molecule has 0 aliphatic rings. The van der Waals surface area contributed by atoms with E-state index < -0.39 is 36.5 Å². The SMILES string of the molecule is C[C@H](O)[C@H](O)[C@H](O)[C@H](O)[C@H](O)C(=O)O. The molecule has 0 unspecified atom stereocenters. The highest BCUT2D eigenvalue weighted by molar-refractivity contribution is 5.72. The molecule has 0 aromatic heterocycles. The Balaban J connectivity index is 4.37. The summed E-state index contributed by atoms with van der Waals surface area (Å²) in [7, 11) is 0. The summed E-state index contributed by atoms with van der Waals surface area (Å²) in [4.78, 5) is 10.2. The second-order valence-corrected chi connectivity index (χ2v) is 3.00. The Hall–Kier alpha value is -0.730. The Morgan fingerprint density at radius 1 is 0.929 bits per heavy atom. The molecule has 0 aliphatic carbocycles. The van der Waals surface area contributed by atoms with Gasteiger partial charge in [0.05, 0.1) is 6.10 Å². The fourth-order valence-electron chi connectivity index (χ4n) is 0.820. The number of carboxylic acid groups (broad SMARTS) is 1. The molecule has 0 aliphatic heterocycles. The van der Waals surface area contributed by atoms with Gasteiger partial charge in [0.15, 0.2) is 6.10 Å². The van der Waals surface area contributed by atoms with Gasteiger partial charge in [-0.15, -0.1) is 0 Å². The van der Waals surface area contributed by atoms with Gasteiger partial charge in [-0.05, 0) is 6.92 Å². The van der Waals surface area contributed by atoms with E-state index in [1.807, 2.05) is 0 Å². The molecule has 0 bridgehead atoms. The van der Waals surface area contributed by atoms with Crippen molar-refractivity contribution in [2.75, 3.05) is 0 Å². The Morgan fingerprint density at radius 2 is 1.36 bits per heavy atom. The molecular formula is C7H14O7. The van der Waals surface area contributed by atoms with Gasteiger partial charge in [0.2, 0.25) is 0 Å². The normalized spacial score (nSPS) is 22.1. The summed E-state index contributed by atoms with van der Waals surface area (Å²) >= 11 is 0. The minimum atomic E-state index is -2.21. The summed E-state index contributed by atoms with van der Waals surface area (Å²) in [6.07, 6.45) is -9.27. The van der Waals surface area contributed by atoms with Crippen molar-refractivity contribution < 1.29 is 35.4 Å². The van der Waals surface area contributed by atoms with Crippen LogP contribution < -0.4 is 0 Å². The van der Waals surface area contributed by atoms with Gasteiger partial charge in [-0.1, -0.05) is 0 Å². The lowest BCUT2D eigenvalue weighted by Crippen LogP contribution is -2.50. The van der Waals surface area contributed by atoms with Gasteiger partial charge in [-0.2, -0.15) is 0 Å². The van der Waals surface area contributed by atoms with Crippen molar-refractivity contribution in [2.45, 2.75) is 37.4 Å². The number of aliphatic carboxylic acids is 1. The monoisotopic (exact) mass is 210 g/mol. The molecule has 0 saturated carbocycles. The van der Waals surface area contributed by atoms with Crippen LogP contribution in [0.4, 0.5) is 0 Å².